The number of aryl methyl sites for hydroxylation is 4. The fraction of sp³-hybridized carbons (Fsp3) is 0.286. The Kier molecular flexibility index (Phi) is 6.97. The molecule has 6 nitrogen and oxygen atoms in total. The summed E-state index contributed by atoms with van der Waals surface area (Å²) in [5, 5.41) is 10.4. The molecule has 0 unspecified atom stereocenters. The molecule has 0 fully saturated rings. The summed E-state index contributed by atoms with van der Waals surface area (Å²) in [6.45, 7) is 8.36. The van der Waals surface area contributed by atoms with Gasteiger partial charge in [-0.2, -0.15) is 0 Å². The Morgan fingerprint density at radius 2 is 1.83 bits per heavy atom. The van der Waals surface area contributed by atoms with Crippen molar-refractivity contribution < 1.29 is 9.53 Å². The number of aromatic nitrogens is 3. The summed E-state index contributed by atoms with van der Waals surface area (Å²) in [4.78, 5) is 16.7. The number of hydrogen-bond acceptors (Lipinski definition) is 5. The van der Waals surface area contributed by atoms with Crippen LogP contribution in [0.15, 0.2) is 40.0 Å². The van der Waals surface area contributed by atoms with Crippen LogP contribution in [0.5, 0.6) is 5.75 Å². The van der Waals surface area contributed by atoms with E-state index in [9.17, 15) is 4.79 Å². The maximum absolute atomic E-state index is 12.3. The first-order valence-corrected chi connectivity index (χ1v) is 10.9. The van der Waals surface area contributed by atoms with Crippen molar-refractivity contribution in [1.29, 1.82) is 0 Å². The minimum Gasteiger partial charge on any atom is -0.485 e. The minimum atomic E-state index is -0.114. The standard InChI is InChI=1S/C21H23BrN4O2S/c1-12-6-5-7-13(2)20(12)28-10-18-24-21(26-25-18)29-11-19(27)23-17-9-15(4)14(3)8-16(17)22/h5-9H,10-11H2,1-4H3,(H,23,27)(H,24,25,26). The number of amides is 1. The van der Waals surface area contributed by atoms with Gasteiger partial charge in [0.05, 0.1) is 11.4 Å². The van der Waals surface area contributed by atoms with Crippen LogP contribution in [0.1, 0.15) is 28.1 Å². The molecule has 0 saturated heterocycles. The van der Waals surface area contributed by atoms with Gasteiger partial charge >= 0.3 is 0 Å². The molecule has 0 aliphatic rings. The lowest BCUT2D eigenvalue weighted by atomic mass is 10.1. The van der Waals surface area contributed by atoms with Gasteiger partial charge in [-0.05, 0) is 78.0 Å². The number of hydrogen-bond donors (Lipinski definition) is 2. The Hall–Kier alpha value is -2.32. The van der Waals surface area contributed by atoms with Crippen LogP contribution in [-0.4, -0.2) is 26.8 Å². The second kappa shape index (κ2) is 9.45. The van der Waals surface area contributed by atoms with Crippen molar-refractivity contribution in [2.24, 2.45) is 0 Å². The van der Waals surface area contributed by atoms with E-state index in [1.807, 2.05) is 58.0 Å². The molecule has 0 saturated carbocycles. The summed E-state index contributed by atoms with van der Waals surface area (Å²) in [6.07, 6.45) is 0. The number of nitrogens with zero attached hydrogens (tertiary/aromatic N) is 2. The molecule has 0 aliphatic carbocycles. The molecule has 8 heteroatoms. The molecule has 1 aromatic heterocycles. The third kappa shape index (κ3) is 5.61. The highest BCUT2D eigenvalue weighted by Crippen LogP contribution is 2.27. The normalized spacial score (nSPS) is 10.8. The highest BCUT2D eigenvalue weighted by Gasteiger charge is 2.11. The van der Waals surface area contributed by atoms with Crippen molar-refractivity contribution >= 4 is 39.3 Å². The zero-order valence-electron chi connectivity index (χ0n) is 16.8. The van der Waals surface area contributed by atoms with Gasteiger partial charge < -0.3 is 10.1 Å². The van der Waals surface area contributed by atoms with Crippen molar-refractivity contribution in [2.75, 3.05) is 11.1 Å². The molecular formula is C21H23BrN4O2S. The van der Waals surface area contributed by atoms with E-state index in [0.717, 1.165) is 32.6 Å². The van der Waals surface area contributed by atoms with Crippen molar-refractivity contribution in [2.45, 2.75) is 39.5 Å². The van der Waals surface area contributed by atoms with Crippen molar-refractivity contribution in [3.05, 3.63) is 62.9 Å². The summed E-state index contributed by atoms with van der Waals surface area (Å²) >= 11 is 4.76. The average molecular weight is 475 g/mol. The van der Waals surface area contributed by atoms with Crippen LogP contribution in [-0.2, 0) is 11.4 Å². The number of aromatic amines is 1. The van der Waals surface area contributed by atoms with Gasteiger partial charge in [0.1, 0.15) is 12.4 Å². The number of H-pyrrole nitrogens is 1. The Morgan fingerprint density at radius 1 is 1.14 bits per heavy atom. The average Bonchev–Trinajstić information content (AvgIpc) is 3.12. The summed E-state index contributed by atoms with van der Waals surface area (Å²) in [7, 11) is 0. The summed E-state index contributed by atoms with van der Waals surface area (Å²) in [5.41, 5.74) is 5.21. The first-order chi connectivity index (χ1) is 13.8. The van der Waals surface area contributed by atoms with Crippen molar-refractivity contribution in [3.8, 4) is 5.75 Å². The first-order valence-electron chi connectivity index (χ1n) is 9.13. The maximum Gasteiger partial charge on any atom is 0.234 e. The molecule has 3 aromatic rings. The molecule has 0 bridgehead atoms. The van der Waals surface area contributed by atoms with Gasteiger partial charge in [0.25, 0.3) is 0 Å². The van der Waals surface area contributed by atoms with E-state index in [0.29, 0.717) is 17.6 Å². The maximum atomic E-state index is 12.3. The molecule has 2 aromatic carbocycles. The number of thioether (sulfide) groups is 1. The number of ether oxygens (including phenoxy) is 1. The quantitative estimate of drug-likeness (QED) is 0.465. The number of rotatable bonds is 7. The van der Waals surface area contributed by atoms with Gasteiger partial charge in [0, 0.05) is 4.47 Å². The van der Waals surface area contributed by atoms with E-state index < -0.39 is 0 Å². The molecule has 0 spiro atoms. The monoisotopic (exact) mass is 474 g/mol. The van der Waals surface area contributed by atoms with Crippen LogP contribution < -0.4 is 10.1 Å². The Bertz CT molecular complexity index is 1020. The van der Waals surface area contributed by atoms with Crippen LogP contribution in [0.3, 0.4) is 0 Å². The van der Waals surface area contributed by atoms with E-state index in [1.54, 1.807) is 0 Å². The van der Waals surface area contributed by atoms with Gasteiger partial charge in [-0.3, -0.25) is 9.89 Å². The Balaban J connectivity index is 1.53. The van der Waals surface area contributed by atoms with Crippen LogP contribution in [0, 0.1) is 27.7 Å². The number of benzene rings is 2. The second-order valence-electron chi connectivity index (χ2n) is 6.83. The molecule has 3 rings (SSSR count). The largest absolute Gasteiger partial charge is 0.485 e. The smallest absolute Gasteiger partial charge is 0.234 e. The van der Waals surface area contributed by atoms with Gasteiger partial charge in [-0.1, -0.05) is 30.0 Å². The van der Waals surface area contributed by atoms with E-state index >= 15 is 0 Å². The lowest BCUT2D eigenvalue weighted by Gasteiger charge is -2.10. The molecule has 1 heterocycles. The van der Waals surface area contributed by atoms with E-state index in [4.69, 9.17) is 4.74 Å². The highest BCUT2D eigenvalue weighted by molar-refractivity contribution is 9.10. The molecule has 0 atom stereocenters. The third-order valence-electron chi connectivity index (χ3n) is 4.46. The van der Waals surface area contributed by atoms with Gasteiger partial charge in [0.2, 0.25) is 11.1 Å². The Morgan fingerprint density at radius 3 is 2.55 bits per heavy atom. The van der Waals surface area contributed by atoms with E-state index in [1.165, 1.54) is 17.3 Å². The summed E-state index contributed by atoms with van der Waals surface area (Å²) < 4.78 is 6.74. The molecular weight excluding hydrogens is 452 g/mol. The number of carbonyl (C=O) groups is 1. The van der Waals surface area contributed by atoms with Crippen LogP contribution >= 0.6 is 27.7 Å². The van der Waals surface area contributed by atoms with Crippen LogP contribution in [0.2, 0.25) is 0 Å². The molecule has 152 valence electrons. The van der Waals surface area contributed by atoms with E-state index in [2.05, 4.69) is 36.4 Å². The first kappa shape index (κ1) is 21.4. The summed E-state index contributed by atoms with van der Waals surface area (Å²) in [5.74, 6) is 1.58. The number of carbonyl (C=O) groups excluding carboxylic acids is 1. The van der Waals surface area contributed by atoms with Crippen molar-refractivity contribution in [3.63, 3.8) is 0 Å². The zero-order valence-corrected chi connectivity index (χ0v) is 19.2. The number of anilines is 1. The number of para-hydroxylation sites is 1. The fourth-order valence-electron chi connectivity index (χ4n) is 2.77. The number of nitrogens with one attached hydrogen (secondary N) is 2. The molecule has 29 heavy (non-hydrogen) atoms. The Labute approximate surface area is 183 Å². The van der Waals surface area contributed by atoms with Gasteiger partial charge in [-0.25, -0.2) is 4.98 Å². The second-order valence-corrected chi connectivity index (χ2v) is 8.62. The van der Waals surface area contributed by atoms with Crippen molar-refractivity contribution in [1.82, 2.24) is 15.2 Å². The molecule has 0 radical (unpaired) electrons. The lowest BCUT2D eigenvalue weighted by Crippen LogP contribution is -2.14. The minimum absolute atomic E-state index is 0.114. The number of halogens is 1. The van der Waals surface area contributed by atoms with Crippen LogP contribution in [0.25, 0.3) is 0 Å². The third-order valence-corrected chi connectivity index (χ3v) is 5.97. The lowest BCUT2D eigenvalue weighted by molar-refractivity contribution is -0.113. The van der Waals surface area contributed by atoms with Crippen LogP contribution in [0.4, 0.5) is 5.69 Å². The fourth-order valence-corrected chi connectivity index (χ4v) is 3.94. The molecule has 1 amide bonds. The molecule has 0 aliphatic heterocycles. The zero-order chi connectivity index (χ0) is 21.0. The van der Waals surface area contributed by atoms with Gasteiger partial charge in [0.15, 0.2) is 5.82 Å². The SMILES string of the molecule is Cc1cc(Br)c(NC(=O)CSc2n[nH]c(COc3c(C)cccc3C)n2)cc1C. The van der Waals surface area contributed by atoms with E-state index in [-0.39, 0.29) is 11.7 Å². The van der Waals surface area contributed by atoms with Gasteiger partial charge in [-0.15, -0.1) is 5.10 Å². The summed E-state index contributed by atoms with van der Waals surface area (Å²) in [6, 6.07) is 9.98. The predicted octanol–water partition coefficient (Wildman–Crippen LogP) is 5.11. The highest BCUT2D eigenvalue weighted by atomic mass is 79.9. The topological polar surface area (TPSA) is 79.9 Å². The predicted molar refractivity (Wildman–Crippen MR) is 120 cm³/mol. The molecule has 2 N–H and O–H groups in total.